The minimum absolute atomic E-state index is 0.00673. The number of aromatic nitrogens is 2. The molecular formula is C24H23N3O5. The lowest BCUT2D eigenvalue weighted by Gasteiger charge is -2.31. The molecule has 2 aliphatic rings. The van der Waals surface area contributed by atoms with E-state index >= 15 is 0 Å². The van der Waals surface area contributed by atoms with Crippen molar-refractivity contribution in [1.29, 1.82) is 0 Å². The summed E-state index contributed by atoms with van der Waals surface area (Å²) < 4.78 is 12.1. The summed E-state index contributed by atoms with van der Waals surface area (Å²) in [7, 11) is 2.89. The number of aromatic amines is 1. The lowest BCUT2D eigenvalue weighted by atomic mass is 9.76. The third kappa shape index (κ3) is 2.98. The van der Waals surface area contributed by atoms with Crippen molar-refractivity contribution in [2.75, 3.05) is 19.5 Å². The predicted octanol–water partition coefficient (Wildman–Crippen LogP) is 3.45. The summed E-state index contributed by atoms with van der Waals surface area (Å²) in [6, 6.07) is 12.6. The Hall–Kier alpha value is -3.94. The minimum atomic E-state index is -0.619. The number of H-pyrrole nitrogens is 1. The van der Waals surface area contributed by atoms with Gasteiger partial charge in [0, 0.05) is 23.6 Å². The van der Waals surface area contributed by atoms with E-state index in [1.807, 2.05) is 30.3 Å². The van der Waals surface area contributed by atoms with Crippen molar-refractivity contribution in [3.8, 4) is 22.9 Å². The lowest BCUT2D eigenvalue weighted by molar-refractivity contribution is -0.116. The number of phenols is 1. The summed E-state index contributed by atoms with van der Waals surface area (Å²) in [6.45, 7) is 0. The number of allylic oxidation sites excluding steroid dienone is 2. The third-order valence-corrected chi connectivity index (χ3v) is 6.09. The standard InChI is InChI=1S/C24H23N3O5/c1-31-17-11-13(12-18(32-2)22(17)29)19-20-15(9-6-10-16(20)28)25-23-21(19)24(30)27(26-23)14-7-4-3-5-8-14/h3-5,7-8,11-12,19,25-26,29H,6,9-10H2,1-2H3. The zero-order chi connectivity index (χ0) is 22.4. The molecule has 2 aromatic carbocycles. The SMILES string of the molecule is COc1cc(C2C3=C(CCCC3=O)Nc3[nH]n(-c4ccccc4)c(=O)c32)cc(OC)c1O. The van der Waals surface area contributed by atoms with E-state index in [2.05, 4.69) is 10.4 Å². The van der Waals surface area contributed by atoms with Gasteiger partial charge in [0.1, 0.15) is 5.82 Å². The molecule has 3 aromatic rings. The molecule has 0 bridgehead atoms. The smallest absolute Gasteiger partial charge is 0.277 e. The molecule has 5 rings (SSSR count). The molecular weight excluding hydrogens is 410 g/mol. The van der Waals surface area contributed by atoms with Gasteiger partial charge in [0.15, 0.2) is 17.3 Å². The number of rotatable bonds is 4. The number of phenolic OH excluding ortho intramolecular Hbond substituents is 1. The van der Waals surface area contributed by atoms with Gasteiger partial charge in [-0.3, -0.25) is 14.7 Å². The number of aromatic hydroxyl groups is 1. The van der Waals surface area contributed by atoms with Crippen LogP contribution in [0.25, 0.3) is 5.69 Å². The van der Waals surface area contributed by atoms with E-state index in [1.165, 1.54) is 18.9 Å². The molecule has 0 amide bonds. The summed E-state index contributed by atoms with van der Waals surface area (Å²) >= 11 is 0. The van der Waals surface area contributed by atoms with Gasteiger partial charge in [-0.2, -0.15) is 0 Å². The molecule has 1 aromatic heterocycles. The van der Waals surface area contributed by atoms with Crippen LogP contribution < -0.4 is 20.3 Å². The van der Waals surface area contributed by atoms with Crippen LogP contribution in [0.2, 0.25) is 0 Å². The number of nitrogens with one attached hydrogen (secondary N) is 2. The Morgan fingerprint density at radius 1 is 1.03 bits per heavy atom. The fourth-order valence-corrected chi connectivity index (χ4v) is 4.61. The van der Waals surface area contributed by atoms with Gasteiger partial charge in [0.25, 0.3) is 5.56 Å². The third-order valence-electron chi connectivity index (χ3n) is 6.09. The minimum Gasteiger partial charge on any atom is -0.502 e. The first-order valence-corrected chi connectivity index (χ1v) is 10.4. The van der Waals surface area contributed by atoms with Crippen molar-refractivity contribution in [3.63, 3.8) is 0 Å². The molecule has 1 aliphatic heterocycles. The summed E-state index contributed by atoms with van der Waals surface area (Å²) in [5.41, 5.74) is 2.91. The molecule has 1 unspecified atom stereocenters. The Balaban J connectivity index is 1.78. The van der Waals surface area contributed by atoms with E-state index in [0.29, 0.717) is 41.0 Å². The molecule has 164 valence electrons. The van der Waals surface area contributed by atoms with E-state index in [4.69, 9.17) is 9.47 Å². The lowest BCUT2D eigenvalue weighted by Crippen LogP contribution is -2.30. The number of nitrogens with zero attached hydrogens (tertiary/aromatic N) is 1. The van der Waals surface area contributed by atoms with Gasteiger partial charge in [0.2, 0.25) is 5.75 Å². The number of carbonyl (C=O) groups excluding carboxylic acids is 1. The van der Waals surface area contributed by atoms with E-state index < -0.39 is 5.92 Å². The van der Waals surface area contributed by atoms with Gasteiger partial charge in [-0.25, -0.2) is 4.68 Å². The van der Waals surface area contributed by atoms with E-state index in [1.54, 1.807) is 12.1 Å². The molecule has 1 atom stereocenters. The van der Waals surface area contributed by atoms with Crippen LogP contribution in [0.3, 0.4) is 0 Å². The van der Waals surface area contributed by atoms with Crippen LogP contribution in [0, 0.1) is 0 Å². The number of Topliss-reactive ketones (excluding diaryl/α,β-unsaturated/α-hetero) is 1. The fourth-order valence-electron chi connectivity index (χ4n) is 4.61. The van der Waals surface area contributed by atoms with Gasteiger partial charge < -0.3 is 19.9 Å². The number of ketones is 1. The van der Waals surface area contributed by atoms with Crippen LogP contribution in [0.5, 0.6) is 17.2 Å². The van der Waals surface area contributed by atoms with Crippen LogP contribution in [-0.4, -0.2) is 34.9 Å². The van der Waals surface area contributed by atoms with E-state index in [-0.39, 0.29) is 28.6 Å². The molecule has 0 spiro atoms. The predicted molar refractivity (Wildman–Crippen MR) is 119 cm³/mol. The van der Waals surface area contributed by atoms with Crippen molar-refractivity contribution >= 4 is 11.6 Å². The van der Waals surface area contributed by atoms with Crippen molar-refractivity contribution in [1.82, 2.24) is 9.78 Å². The number of ether oxygens (including phenoxy) is 2. The van der Waals surface area contributed by atoms with Gasteiger partial charge in [-0.15, -0.1) is 0 Å². The number of hydrogen-bond donors (Lipinski definition) is 3. The van der Waals surface area contributed by atoms with Crippen LogP contribution >= 0.6 is 0 Å². The first kappa shape index (κ1) is 20.0. The first-order chi connectivity index (χ1) is 15.5. The highest BCUT2D eigenvalue weighted by atomic mass is 16.5. The summed E-state index contributed by atoms with van der Waals surface area (Å²) in [5, 5.41) is 16.9. The molecule has 0 saturated heterocycles. The Kier molecular flexibility index (Phi) is 4.77. The number of methoxy groups -OCH3 is 2. The van der Waals surface area contributed by atoms with Crippen LogP contribution in [0.4, 0.5) is 5.82 Å². The Morgan fingerprint density at radius 2 is 1.72 bits per heavy atom. The number of carbonyl (C=O) groups is 1. The number of para-hydroxylation sites is 1. The van der Waals surface area contributed by atoms with Crippen LogP contribution in [0.15, 0.2) is 58.5 Å². The Bertz CT molecular complexity index is 1280. The number of hydrogen-bond acceptors (Lipinski definition) is 6. The second-order valence-corrected chi connectivity index (χ2v) is 7.88. The average Bonchev–Trinajstić information content (AvgIpc) is 3.14. The van der Waals surface area contributed by atoms with Crippen molar-refractivity contribution in [2.45, 2.75) is 25.2 Å². The zero-order valence-corrected chi connectivity index (χ0v) is 17.8. The zero-order valence-electron chi connectivity index (χ0n) is 17.8. The normalized spacial score (nSPS) is 17.4. The molecule has 8 nitrogen and oxygen atoms in total. The second kappa shape index (κ2) is 7.64. The summed E-state index contributed by atoms with van der Waals surface area (Å²) in [4.78, 5) is 26.7. The molecule has 0 fully saturated rings. The first-order valence-electron chi connectivity index (χ1n) is 10.4. The number of anilines is 1. The molecule has 2 heterocycles. The summed E-state index contributed by atoms with van der Waals surface area (Å²) in [6.07, 6.45) is 1.89. The molecule has 32 heavy (non-hydrogen) atoms. The quantitative estimate of drug-likeness (QED) is 0.582. The van der Waals surface area contributed by atoms with Crippen LogP contribution in [0.1, 0.15) is 36.3 Å². The number of benzene rings is 2. The van der Waals surface area contributed by atoms with Crippen molar-refractivity contribution in [2.24, 2.45) is 0 Å². The highest BCUT2D eigenvalue weighted by Gasteiger charge is 2.39. The molecule has 0 saturated carbocycles. The molecule has 1 aliphatic carbocycles. The van der Waals surface area contributed by atoms with Crippen molar-refractivity contribution in [3.05, 3.63) is 75.2 Å². The highest BCUT2D eigenvalue weighted by Crippen LogP contribution is 2.47. The average molecular weight is 433 g/mol. The Labute approximate surface area is 184 Å². The topological polar surface area (TPSA) is 106 Å². The van der Waals surface area contributed by atoms with Gasteiger partial charge in [-0.05, 0) is 42.7 Å². The number of fused-ring (bicyclic) bond motifs is 1. The Morgan fingerprint density at radius 3 is 2.38 bits per heavy atom. The molecule has 8 heteroatoms. The van der Waals surface area contributed by atoms with E-state index in [9.17, 15) is 14.7 Å². The maximum absolute atomic E-state index is 13.6. The molecule has 0 radical (unpaired) electrons. The van der Waals surface area contributed by atoms with Crippen molar-refractivity contribution < 1.29 is 19.4 Å². The molecule has 3 N–H and O–H groups in total. The summed E-state index contributed by atoms with van der Waals surface area (Å²) in [5.74, 6) is 0.238. The highest BCUT2D eigenvalue weighted by molar-refractivity contribution is 6.01. The monoisotopic (exact) mass is 433 g/mol. The van der Waals surface area contributed by atoms with Gasteiger partial charge >= 0.3 is 0 Å². The maximum atomic E-state index is 13.6. The van der Waals surface area contributed by atoms with E-state index in [0.717, 1.165) is 12.1 Å². The van der Waals surface area contributed by atoms with Crippen LogP contribution in [-0.2, 0) is 4.79 Å². The van der Waals surface area contributed by atoms with Gasteiger partial charge in [0.05, 0.1) is 25.5 Å². The second-order valence-electron chi connectivity index (χ2n) is 7.88. The fraction of sp³-hybridized carbons (Fsp3) is 0.250. The van der Waals surface area contributed by atoms with Gasteiger partial charge in [-0.1, -0.05) is 18.2 Å². The maximum Gasteiger partial charge on any atom is 0.277 e. The largest absolute Gasteiger partial charge is 0.502 e.